The Morgan fingerprint density at radius 3 is 2.52 bits per heavy atom. The quantitative estimate of drug-likeness (QED) is 0.630. The van der Waals surface area contributed by atoms with Crippen molar-refractivity contribution < 1.29 is 42.6 Å². The maximum absolute atomic E-state index is 8.54. The summed E-state index contributed by atoms with van der Waals surface area (Å²) < 4.78 is 8.46. The number of fused-ring (bicyclic) bond motifs is 4. The van der Waals surface area contributed by atoms with Gasteiger partial charge in [0, 0.05) is 45.1 Å². The first kappa shape index (κ1) is 20.2. The molecule has 0 amide bonds. The number of pyridine rings is 1. The van der Waals surface area contributed by atoms with E-state index in [1.807, 2.05) is 42.5 Å². The zero-order valence-corrected chi connectivity index (χ0v) is 18.0. The number of piperidine rings is 1. The SMILES string of the molecule is OCc1ccccc1.[Y].c1cnc2c(c1)-n1cccc1C1(CC[N-]CC1)O2. The number of hydrogen-bond donors (Lipinski definition) is 1. The van der Waals surface area contributed by atoms with Gasteiger partial charge in [0.1, 0.15) is 11.3 Å². The summed E-state index contributed by atoms with van der Waals surface area (Å²) in [6, 6.07) is 17.7. The van der Waals surface area contributed by atoms with Crippen LogP contribution in [0.1, 0.15) is 24.1 Å². The molecule has 0 saturated carbocycles. The van der Waals surface area contributed by atoms with E-state index >= 15 is 0 Å². The van der Waals surface area contributed by atoms with Gasteiger partial charge in [-0.3, -0.25) is 0 Å². The van der Waals surface area contributed by atoms with Gasteiger partial charge in [-0.05, 0) is 42.7 Å². The molecule has 0 bridgehead atoms. The Balaban J connectivity index is 0.000000200. The normalized spacial score (nSPS) is 16.0. The van der Waals surface area contributed by atoms with Crippen molar-refractivity contribution in [3.63, 3.8) is 0 Å². The van der Waals surface area contributed by atoms with Gasteiger partial charge in [0.05, 0.1) is 12.3 Å². The summed E-state index contributed by atoms with van der Waals surface area (Å²) in [5, 5.41) is 13.0. The van der Waals surface area contributed by atoms with Gasteiger partial charge in [0.15, 0.2) is 0 Å². The second-order valence-electron chi connectivity index (χ2n) is 6.50. The van der Waals surface area contributed by atoms with Crippen molar-refractivity contribution in [2.24, 2.45) is 0 Å². The Labute approximate surface area is 184 Å². The van der Waals surface area contributed by atoms with Crippen molar-refractivity contribution in [1.29, 1.82) is 0 Å². The molecule has 0 atom stereocenters. The van der Waals surface area contributed by atoms with Crippen LogP contribution in [0.4, 0.5) is 0 Å². The molecule has 1 aromatic carbocycles. The summed E-state index contributed by atoms with van der Waals surface area (Å²) in [6.07, 6.45) is 5.75. The van der Waals surface area contributed by atoms with Gasteiger partial charge < -0.3 is 19.7 Å². The van der Waals surface area contributed by atoms with Crippen LogP contribution in [0.2, 0.25) is 0 Å². The molecular formula is C21H22N3O2Y-. The minimum Gasteiger partial charge on any atom is -0.662 e. The van der Waals surface area contributed by atoms with Crippen molar-refractivity contribution in [2.45, 2.75) is 25.0 Å². The van der Waals surface area contributed by atoms with Crippen molar-refractivity contribution in [1.82, 2.24) is 9.55 Å². The first-order chi connectivity index (χ1) is 12.8. The third kappa shape index (κ3) is 4.17. The Bertz CT molecular complexity index is 861. The molecular weight excluding hydrogens is 415 g/mol. The molecule has 1 fully saturated rings. The Morgan fingerprint density at radius 1 is 1.04 bits per heavy atom. The number of rotatable bonds is 1. The van der Waals surface area contributed by atoms with E-state index in [1.54, 1.807) is 6.20 Å². The number of nitrogens with zero attached hydrogens (tertiary/aromatic N) is 3. The molecule has 2 aromatic heterocycles. The predicted molar refractivity (Wildman–Crippen MR) is 101 cm³/mol. The van der Waals surface area contributed by atoms with E-state index in [9.17, 15) is 0 Å². The van der Waals surface area contributed by atoms with Crippen LogP contribution in [0, 0.1) is 0 Å². The monoisotopic (exact) mass is 437 g/mol. The zero-order chi connectivity index (χ0) is 17.8. The van der Waals surface area contributed by atoms with Crippen molar-refractivity contribution in [3.05, 3.63) is 83.6 Å². The van der Waals surface area contributed by atoms with E-state index in [0.29, 0.717) is 0 Å². The van der Waals surface area contributed by atoms with E-state index in [4.69, 9.17) is 9.84 Å². The third-order valence-corrected chi connectivity index (χ3v) is 4.89. The molecule has 0 unspecified atom stereocenters. The van der Waals surface area contributed by atoms with Crippen LogP contribution in [0.15, 0.2) is 67.0 Å². The van der Waals surface area contributed by atoms with Gasteiger partial charge in [-0.1, -0.05) is 30.3 Å². The Hall–Kier alpha value is -1.53. The van der Waals surface area contributed by atoms with Gasteiger partial charge in [0.2, 0.25) is 5.88 Å². The summed E-state index contributed by atoms with van der Waals surface area (Å²) in [5.41, 5.74) is 3.00. The van der Waals surface area contributed by atoms with E-state index in [1.165, 1.54) is 5.69 Å². The number of benzene rings is 1. The first-order valence-electron chi connectivity index (χ1n) is 8.93. The number of aliphatic hydroxyl groups is 1. The molecule has 137 valence electrons. The van der Waals surface area contributed by atoms with Crippen LogP contribution in [-0.4, -0.2) is 27.7 Å². The number of aliphatic hydroxyl groups excluding tert-OH is 1. The fourth-order valence-corrected chi connectivity index (χ4v) is 3.54. The molecule has 2 aliphatic heterocycles. The summed E-state index contributed by atoms with van der Waals surface area (Å²) >= 11 is 0. The summed E-state index contributed by atoms with van der Waals surface area (Å²) in [6.45, 7) is 1.88. The predicted octanol–water partition coefficient (Wildman–Crippen LogP) is 3.80. The molecule has 1 N–H and O–H groups in total. The average molecular weight is 437 g/mol. The zero-order valence-electron chi connectivity index (χ0n) is 15.2. The van der Waals surface area contributed by atoms with Crippen molar-refractivity contribution in [3.8, 4) is 11.6 Å². The van der Waals surface area contributed by atoms with Crippen LogP contribution < -0.4 is 4.74 Å². The average Bonchev–Trinajstić information content (AvgIpc) is 3.21. The van der Waals surface area contributed by atoms with Crippen LogP contribution in [-0.2, 0) is 44.9 Å². The Morgan fingerprint density at radius 2 is 1.81 bits per heavy atom. The molecule has 0 aliphatic carbocycles. The van der Waals surface area contributed by atoms with Crippen LogP contribution in [0.25, 0.3) is 11.0 Å². The number of aromatic nitrogens is 2. The topological polar surface area (TPSA) is 61.4 Å². The summed E-state index contributed by atoms with van der Waals surface area (Å²) in [4.78, 5) is 4.37. The minimum atomic E-state index is -0.230. The molecule has 3 aromatic rings. The molecule has 1 saturated heterocycles. The smallest absolute Gasteiger partial charge is 0.239 e. The molecule has 5 nitrogen and oxygen atoms in total. The molecule has 27 heavy (non-hydrogen) atoms. The minimum absolute atomic E-state index is 0. The van der Waals surface area contributed by atoms with Gasteiger partial charge in [-0.25, -0.2) is 4.98 Å². The second kappa shape index (κ2) is 9.11. The summed E-state index contributed by atoms with van der Waals surface area (Å²) in [7, 11) is 0. The van der Waals surface area contributed by atoms with E-state index in [0.717, 1.165) is 43.1 Å². The van der Waals surface area contributed by atoms with Crippen LogP contribution in [0.3, 0.4) is 0 Å². The third-order valence-electron chi connectivity index (χ3n) is 4.89. The summed E-state index contributed by atoms with van der Waals surface area (Å²) in [5.74, 6) is 0.739. The molecule has 4 heterocycles. The van der Waals surface area contributed by atoms with Gasteiger partial charge in [0.25, 0.3) is 0 Å². The van der Waals surface area contributed by atoms with Gasteiger partial charge in [-0.15, -0.1) is 13.1 Å². The largest absolute Gasteiger partial charge is 0.662 e. The maximum Gasteiger partial charge on any atom is 0.239 e. The van der Waals surface area contributed by atoms with Crippen molar-refractivity contribution in [2.75, 3.05) is 13.1 Å². The standard InChI is InChI=1S/C14H14N3O.C7H8O.Y/c1-3-11-13(16-7-1)18-14(5-8-15-9-6-14)12-4-2-10-17(11)12;8-6-7-4-2-1-3-5-7;/h1-4,7,10H,5-6,8-9H2;1-5,8H,6H2;/q-1;;. The number of hydrogen-bond acceptors (Lipinski definition) is 3. The first-order valence-corrected chi connectivity index (χ1v) is 8.93. The second-order valence-corrected chi connectivity index (χ2v) is 6.50. The van der Waals surface area contributed by atoms with Gasteiger partial charge >= 0.3 is 0 Å². The van der Waals surface area contributed by atoms with Crippen LogP contribution >= 0.6 is 0 Å². The van der Waals surface area contributed by atoms with E-state index in [-0.39, 0.29) is 44.9 Å². The molecule has 1 spiro atoms. The van der Waals surface area contributed by atoms with Gasteiger partial charge in [-0.2, -0.15) is 0 Å². The number of ether oxygens (including phenoxy) is 1. The molecule has 6 heteroatoms. The molecule has 2 aliphatic rings. The van der Waals surface area contributed by atoms with E-state index < -0.39 is 0 Å². The fraction of sp³-hybridized carbons (Fsp3) is 0.286. The molecule has 5 rings (SSSR count). The van der Waals surface area contributed by atoms with Crippen molar-refractivity contribution >= 4 is 0 Å². The van der Waals surface area contributed by atoms with E-state index in [2.05, 4.69) is 33.2 Å². The van der Waals surface area contributed by atoms with Crippen LogP contribution in [0.5, 0.6) is 5.88 Å². The Kier molecular flexibility index (Phi) is 6.82. The maximum atomic E-state index is 8.54. The fourth-order valence-electron chi connectivity index (χ4n) is 3.54. The molecule has 1 radical (unpaired) electrons.